The molecule has 2 aromatic rings. The molecule has 142 valence electrons. The van der Waals surface area contributed by atoms with Crippen LogP contribution in [0.3, 0.4) is 0 Å². The van der Waals surface area contributed by atoms with E-state index in [0.717, 1.165) is 18.9 Å². The monoisotopic (exact) mass is 372 g/mol. The molecule has 0 unspecified atom stereocenters. The average Bonchev–Trinajstić information content (AvgIpc) is 3.37. The number of ether oxygens (including phenoxy) is 2. The first kappa shape index (κ1) is 17.5. The summed E-state index contributed by atoms with van der Waals surface area (Å²) in [4.78, 5) is 32.6. The van der Waals surface area contributed by atoms with E-state index < -0.39 is 6.10 Å². The van der Waals surface area contributed by atoms with Crippen molar-refractivity contribution in [3.8, 4) is 0 Å². The normalized spacial score (nSPS) is 20.1. The zero-order valence-corrected chi connectivity index (χ0v) is 14.7. The molecule has 9 heteroatoms. The number of anilines is 2. The van der Waals surface area contributed by atoms with E-state index in [9.17, 15) is 9.59 Å². The van der Waals surface area contributed by atoms with Crippen LogP contribution in [0, 0.1) is 0 Å². The maximum Gasteiger partial charge on any atom is 0.287 e. The van der Waals surface area contributed by atoms with E-state index in [-0.39, 0.29) is 30.9 Å². The smallest absolute Gasteiger partial charge is 0.287 e. The molecule has 9 nitrogen and oxygen atoms in total. The molecule has 0 saturated carbocycles. The molecule has 1 N–H and O–H groups in total. The Kier molecular flexibility index (Phi) is 5.03. The van der Waals surface area contributed by atoms with E-state index >= 15 is 0 Å². The van der Waals surface area contributed by atoms with Gasteiger partial charge in [0.15, 0.2) is 11.9 Å². The molecule has 0 aromatic carbocycles. The summed E-state index contributed by atoms with van der Waals surface area (Å²) < 4.78 is 15.9. The van der Waals surface area contributed by atoms with Crippen LogP contribution in [-0.4, -0.2) is 62.5 Å². The zero-order chi connectivity index (χ0) is 18.6. The van der Waals surface area contributed by atoms with E-state index in [1.54, 1.807) is 18.3 Å². The lowest BCUT2D eigenvalue weighted by atomic mass is 10.3. The van der Waals surface area contributed by atoms with Gasteiger partial charge in [0.1, 0.15) is 12.5 Å². The van der Waals surface area contributed by atoms with Gasteiger partial charge >= 0.3 is 0 Å². The third-order valence-electron chi connectivity index (χ3n) is 4.52. The molecule has 2 fully saturated rings. The summed E-state index contributed by atoms with van der Waals surface area (Å²) in [6.07, 6.45) is 2.35. The standard InChI is InChI=1S/C18H20N4O5/c23-17(14-2-1-7-26-14)20-11-15-18(24)22(12-27-15)13-3-4-16(19-10-13)21-5-8-25-9-6-21/h1-4,7,10,15H,5-6,8-9,11-12H2,(H,20,23)/t15-/m0/s1. The van der Waals surface area contributed by atoms with Gasteiger partial charge in [-0.3, -0.25) is 14.5 Å². The number of amides is 2. The molecule has 0 bridgehead atoms. The highest BCUT2D eigenvalue weighted by Gasteiger charge is 2.34. The number of aromatic nitrogens is 1. The van der Waals surface area contributed by atoms with Gasteiger partial charge in [-0.05, 0) is 24.3 Å². The second-order valence-corrected chi connectivity index (χ2v) is 6.21. The van der Waals surface area contributed by atoms with E-state index in [0.29, 0.717) is 18.9 Å². The Morgan fingerprint density at radius 1 is 1.26 bits per heavy atom. The fourth-order valence-electron chi connectivity index (χ4n) is 3.02. The molecule has 0 radical (unpaired) electrons. The van der Waals surface area contributed by atoms with Crippen molar-refractivity contribution in [3.05, 3.63) is 42.5 Å². The van der Waals surface area contributed by atoms with Gasteiger partial charge in [0.05, 0.1) is 37.9 Å². The highest BCUT2D eigenvalue weighted by atomic mass is 16.5. The van der Waals surface area contributed by atoms with Gasteiger partial charge in [-0.2, -0.15) is 0 Å². The number of furan rings is 1. The molecule has 2 aliphatic heterocycles. The molecular formula is C18H20N4O5. The number of carbonyl (C=O) groups excluding carboxylic acids is 2. The lowest BCUT2D eigenvalue weighted by Gasteiger charge is -2.28. The Bertz CT molecular complexity index is 787. The van der Waals surface area contributed by atoms with Gasteiger partial charge in [-0.15, -0.1) is 0 Å². The van der Waals surface area contributed by atoms with Crippen molar-refractivity contribution in [2.45, 2.75) is 6.10 Å². The molecule has 0 aliphatic carbocycles. The first-order chi connectivity index (χ1) is 13.2. The molecule has 27 heavy (non-hydrogen) atoms. The largest absolute Gasteiger partial charge is 0.459 e. The van der Waals surface area contributed by atoms with Gasteiger partial charge < -0.3 is 24.1 Å². The summed E-state index contributed by atoms with van der Waals surface area (Å²) in [6.45, 7) is 3.18. The van der Waals surface area contributed by atoms with Crippen LogP contribution in [0.25, 0.3) is 0 Å². The second kappa shape index (κ2) is 7.77. The van der Waals surface area contributed by atoms with Crippen molar-refractivity contribution in [3.63, 3.8) is 0 Å². The number of nitrogens with one attached hydrogen (secondary N) is 1. The van der Waals surface area contributed by atoms with Gasteiger partial charge in [0.25, 0.3) is 11.8 Å². The highest BCUT2D eigenvalue weighted by molar-refractivity contribution is 5.99. The zero-order valence-electron chi connectivity index (χ0n) is 14.7. The Balaban J connectivity index is 1.34. The number of nitrogens with zero attached hydrogens (tertiary/aromatic N) is 3. The molecule has 2 amide bonds. The predicted molar refractivity (Wildman–Crippen MR) is 95.5 cm³/mol. The Hall–Kier alpha value is -2.91. The van der Waals surface area contributed by atoms with Crippen LogP contribution in [0.1, 0.15) is 10.6 Å². The molecular weight excluding hydrogens is 352 g/mol. The number of hydrogen-bond acceptors (Lipinski definition) is 7. The van der Waals surface area contributed by atoms with Crippen molar-refractivity contribution >= 4 is 23.3 Å². The maximum absolute atomic E-state index is 12.6. The van der Waals surface area contributed by atoms with Crippen molar-refractivity contribution < 1.29 is 23.5 Å². The fourth-order valence-corrected chi connectivity index (χ4v) is 3.02. The van der Waals surface area contributed by atoms with E-state index in [4.69, 9.17) is 13.9 Å². The third-order valence-corrected chi connectivity index (χ3v) is 4.52. The number of carbonyl (C=O) groups is 2. The Labute approximate surface area is 155 Å². The quantitative estimate of drug-likeness (QED) is 0.822. The number of hydrogen-bond donors (Lipinski definition) is 1. The van der Waals surface area contributed by atoms with Crippen LogP contribution in [0.4, 0.5) is 11.5 Å². The minimum Gasteiger partial charge on any atom is -0.459 e. The van der Waals surface area contributed by atoms with Gasteiger partial charge in [0, 0.05) is 13.1 Å². The van der Waals surface area contributed by atoms with Gasteiger partial charge in [-0.25, -0.2) is 4.98 Å². The molecule has 2 aliphatic rings. The van der Waals surface area contributed by atoms with E-state index in [2.05, 4.69) is 15.2 Å². The average molecular weight is 372 g/mol. The molecule has 1 atom stereocenters. The summed E-state index contributed by atoms with van der Waals surface area (Å²) in [7, 11) is 0. The Morgan fingerprint density at radius 3 is 2.81 bits per heavy atom. The SMILES string of the molecule is O=C(NC[C@@H]1OCN(c2ccc(N3CCOCC3)nc2)C1=O)c1ccco1. The summed E-state index contributed by atoms with van der Waals surface area (Å²) in [5.74, 6) is 0.458. The maximum atomic E-state index is 12.6. The van der Waals surface area contributed by atoms with Crippen molar-refractivity contribution in [1.82, 2.24) is 10.3 Å². The predicted octanol–water partition coefficient (Wildman–Crippen LogP) is 0.631. The van der Waals surface area contributed by atoms with Crippen molar-refractivity contribution in [2.75, 3.05) is 49.4 Å². The lowest BCUT2D eigenvalue weighted by Crippen LogP contribution is -2.38. The van der Waals surface area contributed by atoms with Gasteiger partial charge in [-0.1, -0.05) is 0 Å². The minimum atomic E-state index is -0.733. The van der Waals surface area contributed by atoms with Crippen LogP contribution in [-0.2, 0) is 14.3 Å². The van der Waals surface area contributed by atoms with E-state index in [1.165, 1.54) is 11.2 Å². The number of pyridine rings is 1. The third kappa shape index (κ3) is 3.79. The molecule has 2 saturated heterocycles. The summed E-state index contributed by atoms with van der Waals surface area (Å²) in [5, 5.41) is 2.64. The first-order valence-corrected chi connectivity index (χ1v) is 8.76. The summed E-state index contributed by atoms with van der Waals surface area (Å²) in [5.41, 5.74) is 0.664. The van der Waals surface area contributed by atoms with E-state index in [1.807, 2.05) is 12.1 Å². The van der Waals surface area contributed by atoms with Crippen LogP contribution < -0.4 is 15.1 Å². The van der Waals surface area contributed by atoms with Crippen molar-refractivity contribution in [2.24, 2.45) is 0 Å². The van der Waals surface area contributed by atoms with Crippen LogP contribution in [0.15, 0.2) is 41.1 Å². The minimum absolute atomic E-state index is 0.0775. The topological polar surface area (TPSA) is 97.1 Å². The van der Waals surface area contributed by atoms with Crippen LogP contribution in [0.5, 0.6) is 0 Å². The van der Waals surface area contributed by atoms with Crippen LogP contribution in [0.2, 0.25) is 0 Å². The fraction of sp³-hybridized carbons (Fsp3) is 0.389. The molecule has 0 spiro atoms. The molecule has 2 aromatic heterocycles. The second-order valence-electron chi connectivity index (χ2n) is 6.21. The number of morpholine rings is 1. The van der Waals surface area contributed by atoms with Crippen molar-refractivity contribution in [1.29, 1.82) is 0 Å². The first-order valence-electron chi connectivity index (χ1n) is 8.76. The van der Waals surface area contributed by atoms with Crippen LogP contribution >= 0.6 is 0 Å². The summed E-state index contributed by atoms with van der Waals surface area (Å²) in [6, 6.07) is 6.92. The summed E-state index contributed by atoms with van der Waals surface area (Å²) >= 11 is 0. The Morgan fingerprint density at radius 2 is 2.11 bits per heavy atom. The lowest BCUT2D eigenvalue weighted by molar-refractivity contribution is -0.121. The van der Waals surface area contributed by atoms with Gasteiger partial charge in [0.2, 0.25) is 0 Å². The highest BCUT2D eigenvalue weighted by Crippen LogP contribution is 2.22. The molecule has 4 heterocycles. The molecule has 4 rings (SSSR count). The number of rotatable bonds is 5.